The van der Waals surface area contributed by atoms with Crippen molar-refractivity contribution in [2.75, 3.05) is 19.7 Å². The van der Waals surface area contributed by atoms with Crippen LogP contribution in [-0.4, -0.2) is 25.7 Å². The smallest absolute Gasteiger partial charge is 0.191 e. The van der Waals surface area contributed by atoms with E-state index in [1.165, 1.54) is 12.1 Å². The Bertz CT molecular complexity index is 605. The summed E-state index contributed by atoms with van der Waals surface area (Å²) in [6.07, 6.45) is 0. The van der Waals surface area contributed by atoms with E-state index >= 15 is 0 Å². The lowest BCUT2D eigenvalue weighted by molar-refractivity contribution is 0.322. The first-order valence-electron chi connectivity index (χ1n) is 7.72. The van der Waals surface area contributed by atoms with Gasteiger partial charge in [-0.05, 0) is 36.8 Å². The average Bonchev–Trinajstić information content (AvgIpc) is 2.59. The van der Waals surface area contributed by atoms with Crippen molar-refractivity contribution in [1.82, 2.24) is 10.6 Å². The topological polar surface area (TPSA) is 45.7 Å². The van der Waals surface area contributed by atoms with E-state index in [1.54, 1.807) is 12.1 Å². The maximum absolute atomic E-state index is 12.9. The summed E-state index contributed by atoms with van der Waals surface area (Å²) in [7, 11) is 0. The van der Waals surface area contributed by atoms with Crippen LogP contribution in [0.1, 0.15) is 12.5 Å². The van der Waals surface area contributed by atoms with Gasteiger partial charge in [-0.3, -0.25) is 0 Å². The van der Waals surface area contributed by atoms with Gasteiger partial charge < -0.3 is 15.4 Å². The molecule has 0 aromatic heterocycles. The van der Waals surface area contributed by atoms with Crippen LogP contribution in [0.5, 0.6) is 5.75 Å². The van der Waals surface area contributed by atoms with Gasteiger partial charge in [0, 0.05) is 6.54 Å². The Balaban J connectivity index is 0.00000288. The lowest BCUT2D eigenvalue weighted by Gasteiger charge is -2.12. The highest BCUT2D eigenvalue weighted by molar-refractivity contribution is 14.0. The molecule has 0 aliphatic rings. The van der Waals surface area contributed by atoms with Crippen LogP contribution in [-0.2, 0) is 6.54 Å². The van der Waals surface area contributed by atoms with Gasteiger partial charge in [0.2, 0.25) is 0 Å². The van der Waals surface area contributed by atoms with Crippen LogP contribution in [0.4, 0.5) is 4.39 Å². The second kappa shape index (κ2) is 11.7. The lowest BCUT2D eigenvalue weighted by atomic mass is 10.2. The first-order valence-corrected chi connectivity index (χ1v) is 7.72. The molecule has 2 rings (SSSR count). The molecule has 0 unspecified atom stereocenters. The molecular formula is C18H23FIN3O. The number of para-hydroxylation sites is 1. The fraction of sp³-hybridized carbons (Fsp3) is 0.278. The van der Waals surface area contributed by atoms with Crippen LogP contribution in [0.15, 0.2) is 59.6 Å². The number of aliphatic imine (C=N–C) groups is 1. The molecule has 24 heavy (non-hydrogen) atoms. The second-order valence-electron chi connectivity index (χ2n) is 4.91. The first-order chi connectivity index (χ1) is 11.3. The van der Waals surface area contributed by atoms with Crippen LogP contribution in [0.2, 0.25) is 0 Å². The third-order valence-corrected chi connectivity index (χ3v) is 3.08. The Kier molecular flexibility index (Phi) is 9.83. The molecule has 0 bridgehead atoms. The summed E-state index contributed by atoms with van der Waals surface area (Å²) < 4.78 is 18.5. The molecule has 0 heterocycles. The summed E-state index contributed by atoms with van der Waals surface area (Å²) >= 11 is 0. The number of hydrogen-bond donors (Lipinski definition) is 2. The molecule has 2 aromatic carbocycles. The number of hydrogen-bond acceptors (Lipinski definition) is 2. The standard InChI is InChI=1S/C18H22FN3O.HI/c1-2-20-18(22-14-15-8-10-16(19)11-9-15)21-12-13-23-17-6-4-3-5-7-17;/h3-11H,2,12-14H2,1H3,(H2,20,21,22);1H. The van der Waals surface area contributed by atoms with Crippen molar-refractivity contribution in [2.24, 2.45) is 4.99 Å². The number of guanidine groups is 1. The van der Waals surface area contributed by atoms with Crippen LogP contribution in [0.3, 0.4) is 0 Å². The van der Waals surface area contributed by atoms with Gasteiger partial charge in [0.25, 0.3) is 0 Å². The van der Waals surface area contributed by atoms with Crippen LogP contribution < -0.4 is 15.4 Å². The molecule has 130 valence electrons. The van der Waals surface area contributed by atoms with Crippen molar-refractivity contribution in [3.63, 3.8) is 0 Å². The van der Waals surface area contributed by atoms with Crippen molar-refractivity contribution in [3.8, 4) is 5.75 Å². The monoisotopic (exact) mass is 443 g/mol. The van der Waals surface area contributed by atoms with Gasteiger partial charge in [-0.2, -0.15) is 0 Å². The molecule has 0 radical (unpaired) electrons. The molecule has 0 saturated carbocycles. The zero-order valence-corrected chi connectivity index (χ0v) is 16.0. The summed E-state index contributed by atoms with van der Waals surface area (Å²) in [5.41, 5.74) is 0.962. The molecule has 2 N–H and O–H groups in total. The normalized spacial score (nSPS) is 10.7. The molecule has 6 heteroatoms. The van der Waals surface area contributed by atoms with Crippen molar-refractivity contribution in [2.45, 2.75) is 13.5 Å². The molecule has 4 nitrogen and oxygen atoms in total. The predicted octanol–water partition coefficient (Wildman–Crippen LogP) is 3.58. The van der Waals surface area contributed by atoms with Crippen molar-refractivity contribution in [3.05, 3.63) is 66.0 Å². The van der Waals surface area contributed by atoms with Gasteiger partial charge in [0.15, 0.2) is 5.96 Å². The highest BCUT2D eigenvalue weighted by Gasteiger charge is 1.98. The zero-order chi connectivity index (χ0) is 16.3. The number of ether oxygens (including phenoxy) is 1. The molecule has 0 aliphatic carbocycles. The largest absolute Gasteiger partial charge is 0.492 e. The van der Waals surface area contributed by atoms with Crippen LogP contribution in [0.25, 0.3) is 0 Å². The van der Waals surface area contributed by atoms with Gasteiger partial charge in [-0.15, -0.1) is 24.0 Å². The molecule has 2 aromatic rings. The highest BCUT2D eigenvalue weighted by Crippen LogP contribution is 2.07. The fourth-order valence-corrected chi connectivity index (χ4v) is 1.96. The minimum atomic E-state index is -0.235. The SMILES string of the molecule is CCNC(=NCc1ccc(F)cc1)NCCOc1ccccc1.I. The second-order valence-corrected chi connectivity index (χ2v) is 4.91. The molecule has 0 amide bonds. The highest BCUT2D eigenvalue weighted by atomic mass is 127. The third-order valence-electron chi connectivity index (χ3n) is 3.08. The fourth-order valence-electron chi connectivity index (χ4n) is 1.96. The molecule has 0 atom stereocenters. The average molecular weight is 443 g/mol. The van der Waals surface area contributed by atoms with E-state index in [9.17, 15) is 4.39 Å². The Hall–Kier alpha value is -1.83. The van der Waals surface area contributed by atoms with Gasteiger partial charge >= 0.3 is 0 Å². The van der Waals surface area contributed by atoms with Gasteiger partial charge in [0.1, 0.15) is 18.2 Å². The molecule has 0 spiro atoms. The number of nitrogens with zero attached hydrogens (tertiary/aromatic N) is 1. The summed E-state index contributed by atoms with van der Waals surface area (Å²) in [6.45, 7) is 4.47. The van der Waals surface area contributed by atoms with Crippen LogP contribution in [0, 0.1) is 5.82 Å². The van der Waals surface area contributed by atoms with Crippen LogP contribution >= 0.6 is 24.0 Å². The van der Waals surface area contributed by atoms with E-state index in [-0.39, 0.29) is 29.8 Å². The Morgan fingerprint density at radius 3 is 2.42 bits per heavy atom. The number of nitrogens with one attached hydrogen (secondary N) is 2. The molecule has 0 aliphatic heterocycles. The van der Waals surface area contributed by atoms with Gasteiger partial charge in [0.05, 0.1) is 13.1 Å². The van der Waals surface area contributed by atoms with Crippen molar-refractivity contribution >= 4 is 29.9 Å². The molecular weight excluding hydrogens is 420 g/mol. The van der Waals surface area contributed by atoms with Gasteiger partial charge in [-0.25, -0.2) is 9.38 Å². The number of halogens is 2. The Morgan fingerprint density at radius 1 is 1.04 bits per heavy atom. The quantitative estimate of drug-likeness (QED) is 0.298. The minimum absolute atomic E-state index is 0. The maximum Gasteiger partial charge on any atom is 0.191 e. The Morgan fingerprint density at radius 2 is 1.75 bits per heavy atom. The third kappa shape index (κ3) is 7.63. The lowest BCUT2D eigenvalue weighted by Crippen LogP contribution is -2.39. The zero-order valence-electron chi connectivity index (χ0n) is 13.7. The summed E-state index contributed by atoms with van der Waals surface area (Å²) in [4.78, 5) is 4.47. The van der Waals surface area contributed by atoms with E-state index in [0.29, 0.717) is 25.7 Å². The van der Waals surface area contributed by atoms with Gasteiger partial charge in [-0.1, -0.05) is 30.3 Å². The predicted molar refractivity (Wildman–Crippen MR) is 107 cm³/mol. The maximum atomic E-state index is 12.9. The van der Waals surface area contributed by atoms with E-state index in [0.717, 1.165) is 17.9 Å². The van der Waals surface area contributed by atoms with E-state index in [2.05, 4.69) is 15.6 Å². The first kappa shape index (κ1) is 20.2. The van der Waals surface area contributed by atoms with E-state index in [1.807, 2.05) is 37.3 Å². The van der Waals surface area contributed by atoms with Crippen molar-refractivity contribution < 1.29 is 9.13 Å². The Labute approximate surface area is 159 Å². The summed E-state index contributed by atoms with van der Waals surface area (Å²) in [6, 6.07) is 16.0. The summed E-state index contributed by atoms with van der Waals surface area (Å²) in [5, 5.41) is 6.38. The van der Waals surface area contributed by atoms with Crippen molar-refractivity contribution in [1.29, 1.82) is 0 Å². The van der Waals surface area contributed by atoms with E-state index < -0.39 is 0 Å². The molecule has 0 fully saturated rings. The number of rotatable bonds is 7. The van der Waals surface area contributed by atoms with E-state index in [4.69, 9.17) is 4.74 Å². The number of benzene rings is 2. The summed E-state index contributed by atoms with van der Waals surface area (Å²) in [5.74, 6) is 1.33. The molecule has 0 saturated heterocycles. The minimum Gasteiger partial charge on any atom is -0.492 e.